The van der Waals surface area contributed by atoms with Gasteiger partial charge in [0.05, 0.1) is 5.92 Å². The first-order valence-corrected chi connectivity index (χ1v) is 8.17. The SMILES string of the molecule is CC(C)(C)c1noc(CCCC(=O)N2CCC[C@@H](C(N)=O)C2)n1. The summed E-state index contributed by atoms with van der Waals surface area (Å²) >= 11 is 0. The summed E-state index contributed by atoms with van der Waals surface area (Å²) in [5, 5.41) is 3.97. The first kappa shape index (κ1) is 17.4. The van der Waals surface area contributed by atoms with Gasteiger partial charge in [-0.25, -0.2) is 0 Å². The number of likely N-dealkylation sites (tertiary alicyclic amines) is 1. The number of amides is 2. The molecule has 7 heteroatoms. The Balaban J connectivity index is 1.78. The number of nitrogens with zero attached hydrogens (tertiary/aromatic N) is 3. The highest BCUT2D eigenvalue weighted by Gasteiger charge is 2.26. The van der Waals surface area contributed by atoms with E-state index in [4.69, 9.17) is 10.3 Å². The fourth-order valence-electron chi connectivity index (χ4n) is 2.65. The van der Waals surface area contributed by atoms with E-state index in [1.54, 1.807) is 4.90 Å². The number of nitrogens with two attached hydrogens (primary N) is 1. The minimum absolute atomic E-state index is 0.0616. The molecule has 0 aliphatic carbocycles. The topological polar surface area (TPSA) is 102 Å². The minimum Gasteiger partial charge on any atom is -0.369 e. The van der Waals surface area contributed by atoms with Crippen LogP contribution in [0.1, 0.15) is 58.2 Å². The zero-order valence-corrected chi connectivity index (χ0v) is 14.2. The van der Waals surface area contributed by atoms with Crippen molar-refractivity contribution in [3.8, 4) is 0 Å². The van der Waals surface area contributed by atoms with E-state index in [0.29, 0.717) is 44.1 Å². The van der Waals surface area contributed by atoms with Gasteiger partial charge in [-0.1, -0.05) is 25.9 Å². The van der Waals surface area contributed by atoms with Crippen LogP contribution in [0, 0.1) is 5.92 Å². The van der Waals surface area contributed by atoms with Crippen LogP contribution in [0.3, 0.4) is 0 Å². The Labute approximate surface area is 136 Å². The zero-order valence-electron chi connectivity index (χ0n) is 14.2. The van der Waals surface area contributed by atoms with Crippen LogP contribution in [0.25, 0.3) is 0 Å². The summed E-state index contributed by atoms with van der Waals surface area (Å²) in [6, 6.07) is 0. The van der Waals surface area contributed by atoms with Gasteiger partial charge in [0, 0.05) is 31.3 Å². The molecule has 0 radical (unpaired) electrons. The number of primary amides is 1. The van der Waals surface area contributed by atoms with Crippen LogP contribution < -0.4 is 5.73 Å². The fraction of sp³-hybridized carbons (Fsp3) is 0.750. The summed E-state index contributed by atoms with van der Waals surface area (Å²) in [4.78, 5) is 29.6. The number of aryl methyl sites for hydroxylation is 1. The Kier molecular flexibility index (Phi) is 5.38. The summed E-state index contributed by atoms with van der Waals surface area (Å²) in [6.45, 7) is 7.23. The zero-order chi connectivity index (χ0) is 17.0. The highest BCUT2D eigenvalue weighted by molar-refractivity contribution is 5.80. The first-order chi connectivity index (χ1) is 10.8. The van der Waals surface area contributed by atoms with Gasteiger partial charge >= 0.3 is 0 Å². The lowest BCUT2D eigenvalue weighted by Gasteiger charge is -2.31. The van der Waals surface area contributed by atoms with E-state index in [1.165, 1.54) is 0 Å². The van der Waals surface area contributed by atoms with E-state index in [-0.39, 0.29) is 23.1 Å². The Morgan fingerprint density at radius 2 is 2.13 bits per heavy atom. The van der Waals surface area contributed by atoms with Crippen molar-refractivity contribution >= 4 is 11.8 Å². The molecule has 1 aromatic heterocycles. The fourth-order valence-corrected chi connectivity index (χ4v) is 2.65. The lowest BCUT2D eigenvalue weighted by molar-refractivity contribution is -0.135. The molecule has 0 spiro atoms. The molecular weight excluding hydrogens is 296 g/mol. The molecule has 128 valence electrons. The molecule has 2 N–H and O–H groups in total. The Hall–Kier alpha value is -1.92. The van der Waals surface area contributed by atoms with Crippen LogP contribution >= 0.6 is 0 Å². The van der Waals surface area contributed by atoms with Gasteiger partial charge in [0.15, 0.2) is 5.82 Å². The van der Waals surface area contributed by atoms with Crippen molar-refractivity contribution in [2.24, 2.45) is 11.7 Å². The maximum Gasteiger partial charge on any atom is 0.226 e. The largest absolute Gasteiger partial charge is 0.369 e. The van der Waals surface area contributed by atoms with Gasteiger partial charge in [-0.05, 0) is 19.3 Å². The van der Waals surface area contributed by atoms with Gasteiger partial charge in [0.2, 0.25) is 17.7 Å². The van der Waals surface area contributed by atoms with Crippen molar-refractivity contribution in [1.29, 1.82) is 0 Å². The molecule has 0 saturated carbocycles. The number of rotatable bonds is 5. The van der Waals surface area contributed by atoms with E-state index in [2.05, 4.69) is 10.1 Å². The van der Waals surface area contributed by atoms with Gasteiger partial charge in [-0.15, -0.1) is 0 Å². The maximum atomic E-state index is 12.2. The molecular formula is C16H26N4O3. The third kappa shape index (κ3) is 4.77. The van der Waals surface area contributed by atoms with Crippen LogP contribution in [-0.4, -0.2) is 39.9 Å². The number of carbonyl (C=O) groups excluding carboxylic acids is 2. The van der Waals surface area contributed by atoms with Gasteiger partial charge < -0.3 is 15.2 Å². The Bertz CT molecular complexity index is 562. The second-order valence-corrected chi connectivity index (χ2v) is 7.20. The monoisotopic (exact) mass is 322 g/mol. The van der Waals surface area contributed by atoms with Gasteiger partial charge in [0.1, 0.15) is 0 Å². The third-order valence-electron chi connectivity index (χ3n) is 4.10. The van der Waals surface area contributed by atoms with Crippen LogP contribution in [-0.2, 0) is 21.4 Å². The molecule has 1 aromatic rings. The van der Waals surface area contributed by atoms with E-state index in [1.807, 2.05) is 20.8 Å². The predicted molar refractivity (Wildman–Crippen MR) is 84.4 cm³/mol. The van der Waals surface area contributed by atoms with Crippen molar-refractivity contribution in [3.05, 3.63) is 11.7 Å². The quantitative estimate of drug-likeness (QED) is 0.883. The second kappa shape index (κ2) is 7.10. The molecule has 2 heterocycles. The lowest BCUT2D eigenvalue weighted by atomic mass is 9.96. The lowest BCUT2D eigenvalue weighted by Crippen LogP contribution is -2.44. The Morgan fingerprint density at radius 3 is 2.74 bits per heavy atom. The normalized spacial score (nSPS) is 18.9. The molecule has 1 atom stereocenters. The van der Waals surface area contributed by atoms with Crippen LogP contribution in [0.15, 0.2) is 4.52 Å². The molecule has 1 saturated heterocycles. The van der Waals surface area contributed by atoms with Gasteiger partial charge in [-0.3, -0.25) is 9.59 Å². The summed E-state index contributed by atoms with van der Waals surface area (Å²) < 4.78 is 5.22. The molecule has 1 fully saturated rings. The molecule has 7 nitrogen and oxygen atoms in total. The average molecular weight is 322 g/mol. The van der Waals surface area contributed by atoms with Crippen molar-refractivity contribution in [1.82, 2.24) is 15.0 Å². The van der Waals surface area contributed by atoms with Gasteiger partial charge in [-0.2, -0.15) is 4.98 Å². The molecule has 0 unspecified atom stereocenters. The van der Waals surface area contributed by atoms with E-state index in [0.717, 1.165) is 12.8 Å². The molecule has 0 bridgehead atoms. The standard InChI is InChI=1S/C16H26N4O3/c1-16(2,3)15-18-12(23-19-15)7-4-8-13(21)20-9-5-6-11(10-20)14(17)22/h11H,4-10H2,1-3H3,(H2,17,22)/t11-/m1/s1. The van der Waals surface area contributed by atoms with E-state index >= 15 is 0 Å². The molecule has 0 aromatic carbocycles. The number of piperidine rings is 1. The number of carbonyl (C=O) groups is 2. The minimum atomic E-state index is -0.317. The van der Waals surface area contributed by atoms with Crippen molar-refractivity contribution in [3.63, 3.8) is 0 Å². The van der Waals surface area contributed by atoms with Crippen molar-refractivity contribution in [2.75, 3.05) is 13.1 Å². The van der Waals surface area contributed by atoms with E-state index in [9.17, 15) is 9.59 Å². The smallest absolute Gasteiger partial charge is 0.226 e. The summed E-state index contributed by atoms with van der Waals surface area (Å²) in [7, 11) is 0. The molecule has 1 aliphatic heterocycles. The maximum absolute atomic E-state index is 12.2. The molecule has 2 rings (SSSR count). The number of hydrogen-bond acceptors (Lipinski definition) is 5. The predicted octanol–water partition coefficient (Wildman–Crippen LogP) is 1.41. The Morgan fingerprint density at radius 1 is 1.39 bits per heavy atom. The second-order valence-electron chi connectivity index (χ2n) is 7.20. The first-order valence-electron chi connectivity index (χ1n) is 8.17. The number of aromatic nitrogens is 2. The van der Waals surface area contributed by atoms with E-state index < -0.39 is 0 Å². The third-order valence-corrected chi connectivity index (χ3v) is 4.10. The van der Waals surface area contributed by atoms with Crippen LogP contribution in [0.2, 0.25) is 0 Å². The highest BCUT2D eigenvalue weighted by atomic mass is 16.5. The molecule has 23 heavy (non-hydrogen) atoms. The summed E-state index contributed by atoms with van der Waals surface area (Å²) in [5.41, 5.74) is 5.19. The summed E-state index contributed by atoms with van der Waals surface area (Å²) in [5.74, 6) is 0.781. The van der Waals surface area contributed by atoms with Crippen LogP contribution in [0.4, 0.5) is 0 Å². The van der Waals surface area contributed by atoms with Crippen LogP contribution in [0.5, 0.6) is 0 Å². The summed E-state index contributed by atoms with van der Waals surface area (Å²) in [6.07, 6.45) is 3.26. The molecule has 1 aliphatic rings. The number of hydrogen-bond donors (Lipinski definition) is 1. The molecule has 2 amide bonds. The average Bonchev–Trinajstić information content (AvgIpc) is 2.96. The van der Waals surface area contributed by atoms with Gasteiger partial charge in [0.25, 0.3) is 0 Å². The van der Waals surface area contributed by atoms with Crippen molar-refractivity contribution in [2.45, 2.75) is 58.3 Å². The van der Waals surface area contributed by atoms with Crippen molar-refractivity contribution < 1.29 is 14.1 Å². The highest BCUT2D eigenvalue weighted by Crippen LogP contribution is 2.20.